The number of carbonyl (C=O) groups excluding carboxylic acids is 2. The van der Waals surface area contributed by atoms with Crippen molar-refractivity contribution in [3.8, 4) is 0 Å². The van der Waals surface area contributed by atoms with Gasteiger partial charge in [0.15, 0.2) is 0 Å². The zero-order chi connectivity index (χ0) is 28.4. The molecule has 0 spiro atoms. The molecule has 0 saturated carbocycles. The summed E-state index contributed by atoms with van der Waals surface area (Å²) in [5, 5.41) is 10.1. The first-order valence-corrected chi connectivity index (χ1v) is 13.8. The molecule has 0 aromatic carbocycles. The van der Waals surface area contributed by atoms with E-state index in [1.54, 1.807) is 0 Å². The first-order chi connectivity index (χ1) is 16.8. The summed E-state index contributed by atoms with van der Waals surface area (Å²) in [7, 11) is 0. The van der Waals surface area contributed by atoms with Crippen LogP contribution < -0.4 is 0 Å². The number of hydrogen-bond acceptors (Lipinski definition) is 9. The number of aliphatic hydroxyl groups excluding tert-OH is 1. The molecule has 0 bridgehead atoms. The van der Waals surface area contributed by atoms with Crippen LogP contribution in [0.15, 0.2) is 0 Å². The maximum atomic E-state index is 12.7. The van der Waals surface area contributed by atoms with Gasteiger partial charge in [0.05, 0.1) is 19.2 Å². The van der Waals surface area contributed by atoms with Crippen molar-refractivity contribution in [2.24, 2.45) is 5.41 Å². The van der Waals surface area contributed by atoms with E-state index in [1.807, 2.05) is 48.5 Å². The summed E-state index contributed by atoms with van der Waals surface area (Å²) in [5.74, 6) is -0.486. The van der Waals surface area contributed by atoms with Crippen LogP contribution in [-0.4, -0.2) is 132 Å². The van der Waals surface area contributed by atoms with Gasteiger partial charge in [0.25, 0.3) is 0 Å². The highest BCUT2D eigenvalue weighted by Gasteiger charge is 2.25. The summed E-state index contributed by atoms with van der Waals surface area (Å²) in [6.45, 7) is 27.7. The number of β-amino-alcohol motifs (C(OH)–C–C–N with tert-alkyl or cyclic N) is 1. The van der Waals surface area contributed by atoms with Crippen molar-refractivity contribution in [3.63, 3.8) is 0 Å². The number of esters is 2. The normalized spacial score (nSPS) is 20.1. The molecule has 1 rings (SSSR count). The van der Waals surface area contributed by atoms with Crippen LogP contribution in [0.2, 0.25) is 0 Å². The van der Waals surface area contributed by atoms with Crippen molar-refractivity contribution < 1.29 is 24.2 Å². The number of rotatable bonds is 7. The highest BCUT2D eigenvalue weighted by Crippen LogP contribution is 2.16. The van der Waals surface area contributed by atoms with Gasteiger partial charge in [0.1, 0.15) is 11.2 Å². The molecule has 0 radical (unpaired) electrons. The van der Waals surface area contributed by atoms with E-state index in [-0.39, 0.29) is 30.4 Å². The van der Waals surface area contributed by atoms with Crippen LogP contribution in [-0.2, 0) is 19.1 Å². The molecule has 0 aromatic heterocycles. The fraction of sp³-hybridized carbons (Fsp3) is 0.929. The first-order valence-electron chi connectivity index (χ1n) is 13.8. The molecule has 1 N–H and O–H groups in total. The summed E-state index contributed by atoms with van der Waals surface area (Å²) in [6, 6.07) is 0. The van der Waals surface area contributed by atoms with Crippen LogP contribution in [0.4, 0.5) is 0 Å². The van der Waals surface area contributed by atoms with E-state index in [2.05, 4.69) is 40.4 Å². The molecule has 1 unspecified atom stereocenters. The molecule has 1 saturated heterocycles. The topological polar surface area (TPSA) is 85.8 Å². The molecule has 0 amide bonds. The molecule has 9 nitrogen and oxygen atoms in total. The molecular weight excluding hydrogens is 472 g/mol. The third-order valence-electron chi connectivity index (χ3n) is 5.70. The molecule has 218 valence electrons. The second-order valence-electron chi connectivity index (χ2n) is 13.7. The smallest absolute Gasteiger partial charge is 0.320 e. The zero-order valence-electron chi connectivity index (χ0n) is 25.4. The minimum Gasteiger partial charge on any atom is -0.459 e. The van der Waals surface area contributed by atoms with E-state index in [1.165, 1.54) is 0 Å². The van der Waals surface area contributed by atoms with Gasteiger partial charge in [-0.05, 0) is 53.9 Å². The molecule has 37 heavy (non-hydrogen) atoms. The molecule has 1 heterocycles. The number of nitrogens with zero attached hydrogens (tertiary/aromatic N) is 4. The Labute approximate surface area is 226 Å². The van der Waals surface area contributed by atoms with Crippen molar-refractivity contribution in [2.45, 2.75) is 86.5 Å². The Morgan fingerprint density at radius 2 is 0.973 bits per heavy atom. The minimum absolute atomic E-state index is 0.145. The Morgan fingerprint density at radius 3 is 1.27 bits per heavy atom. The van der Waals surface area contributed by atoms with E-state index in [9.17, 15) is 14.7 Å². The van der Waals surface area contributed by atoms with Crippen LogP contribution in [0.1, 0.15) is 69.2 Å². The Kier molecular flexibility index (Phi) is 13.5. The Balaban J connectivity index is 3.07. The van der Waals surface area contributed by atoms with Crippen LogP contribution in [0.5, 0.6) is 0 Å². The molecule has 1 fully saturated rings. The van der Waals surface area contributed by atoms with Gasteiger partial charge in [-0.25, -0.2) is 0 Å². The SMILES string of the molecule is CC(O)CN1CCN(CC(=O)OC(C)(C)C)CCN(CC(=O)OC(C)(C)C)CCN(CC(C)(C)C)CC1. The molecule has 1 atom stereocenters. The minimum atomic E-state index is -0.540. The molecule has 1 aliphatic rings. The average molecular weight is 529 g/mol. The van der Waals surface area contributed by atoms with Crippen LogP contribution in [0, 0.1) is 5.41 Å². The lowest BCUT2D eigenvalue weighted by molar-refractivity contribution is -0.158. The third kappa shape index (κ3) is 17.8. The van der Waals surface area contributed by atoms with Crippen molar-refractivity contribution >= 4 is 11.9 Å². The first kappa shape index (κ1) is 33.8. The van der Waals surface area contributed by atoms with E-state index in [0.29, 0.717) is 26.2 Å². The van der Waals surface area contributed by atoms with Crippen molar-refractivity contribution in [1.29, 1.82) is 0 Å². The van der Waals surface area contributed by atoms with Gasteiger partial charge >= 0.3 is 11.9 Å². The average Bonchev–Trinajstić information content (AvgIpc) is 2.65. The lowest BCUT2D eigenvalue weighted by Gasteiger charge is -2.36. The van der Waals surface area contributed by atoms with Crippen LogP contribution in [0.25, 0.3) is 0 Å². The second-order valence-corrected chi connectivity index (χ2v) is 13.7. The summed E-state index contributed by atoms with van der Waals surface area (Å²) < 4.78 is 11.2. The van der Waals surface area contributed by atoms with E-state index in [0.717, 1.165) is 39.3 Å². The second kappa shape index (κ2) is 14.8. The summed E-state index contributed by atoms with van der Waals surface area (Å²) in [4.78, 5) is 34.3. The highest BCUT2D eigenvalue weighted by molar-refractivity contribution is 5.72. The molecule has 9 heteroatoms. The fourth-order valence-corrected chi connectivity index (χ4v) is 4.39. The highest BCUT2D eigenvalue weighted by atomic mass is 16.6. The van der Waals surface area contributed by atoms with E-state index < -0.39 is 17.3 Å². The zero-order valence-corrected chi connectivity index (χ0v) is 25.4. The summed E-state index contributed by atoms with van der Waals surface area (Å²) >= 11 is 0. The number of carbonyl (C=O) groups is 2. The lowest BCUT2D eigenvalue weighted by Crippen LogP contribution is -2.50. The maximum absolute atomic E-state index is 12.7. The van der Waals surface area contributed by atoms with Crippen molar-refractivity contribution in [2.75, 3.05) is 78.5 Å². The van der Waals surface area contributed by atoms with Gasteiger partial charge in [-0.15, -0.1) is 0 Å². The predicted octanol–water partition coefficient (Wildman–Crippen LogP) is 2.32. The van der Waals surface area contributed by atoms with Gasteiger partial charge in [-0.3, -0.25) is 24.3 Å². The lowest BCUT2D eigenvalue weighted by atomic mass is 9.96. The third-order valence-corrected chi connectivity index (χ3v) is 5.70. The predicted molar refractivity (Wildman–Crippen MR) is 149 cm³/mol. The molecule has 0 aromatic rings. The van der Waals surface area contributed by atoms with Gasteiger partial charge in [0, 0.05) is 65.4 Å². The number of aliphatic hydroxyl groups is 1. The van der Waals surface area contributed by atoms with Crippen molar-refractivity contribution in [1.82, 2.24) is 19.6 Å². The summed E-state index contributed by atoms with van der Waals surface area (Å²) in [6.07, 6.45) is -0.424. The van der Waals surface area contributed by atoms with Crippen LogP contribution >= 0.6 is 0 Å². The van der Waals surface area contributed by atoms with E-state index in [4.69, 9.17) is 9.47 Å². The van der Waals surface area contributed by atoms with E-state index >= 15 is 0 Å². The number of ether oxygens (including phenoxy) is 2. The van der Waals surface area contributed by atoms with Gasteiger partial charge in [0.2, 0.25) is 0 Å². The van der Waals surface area contributed by atoms with Crippen molar-refractivity contribution in [3.05, 3.63) is 0 Å². The standard InChI is InChI=1S/C28H56N4O5/c1-23(33)19-29-11-12-30(20-24(34)36-27(5,6)7)13-14-31(21-25(35)37-28(8,9)10)16-18-32(17-15-29)22-26(2,3)4/h23,33H,11-22H2,1-10H3. The quantitative estimate of drug-likeness (QED) is 0.500. The monoisotopic (exact) mass is 528 g/mol. The van der Waals surface area contributed by atoms with Gasteiger partial charge in [-0.2, -0.15) is 0 Å². The fourth-order valence-electron chi connectivity index (χ4n) is 4.39. The van der Waals surface area contributed by atoms with Gasteiger partial charge < -0.3 is 19.5 Å². The Morgan fingerprint density at radius 1 is 0.649 bits per heavy atom. The molecule has 1 aliphatic heterocycles. The van der Waals surface area contributed by atoms with Crippen LogP contribution in [0.3, 0.4) is 0 Å². The summed E-state index contributed by atoms with van der Waals surface area (Å²) in [5.41, 5.74) is -0.925. The van der Waals surface area contributed by atoms with Gasteiger partial charge in [-0.1, -0.05) is 20.8 Å². The Hall–Kier alpha value is -1.26. The molecular formula is C28H56N4O5. The maximum Gasteiger partial charge on any atom is 0.320 e. The molecule has 0 aliphatic carbocycles. The number of hydrogen-bond donors (Lipinski definition) is 1. The largest absolute Gasteiger partial charge is 0.459 e. The Bertz CT molecular complexity index is 694.